The Morgan fingerprint density at radius 3 is 2.67 bits per heavy atom. The molecule has 5 nitrogen and oxygen atoms in total. The third kappa shape index (κ3) is 2.93. The van der Waals surface area contributed by atoms with Crippen LogP contribution in [-0.2, 0) is 16.6 Å². The fourth-order valence-electron chi connectivity index (χ4n) is 1.76. The van der Waals surface area contributed by atoms with Crippen molar-refractivity contribution in [3.05, 3.63) is 47.1 Å². The Bertz CT molecular complexity index is 805. The van der Waals surface area contributed by atoms with E-state index in [1.807, 2.05) is 17.5 Å². The highest BCUT2D eigenvalue weighted by Gasteiger charge is 2.23. The molecular formula is C13H12N2O3S3. The van der Waals surface area contributed by atoms with Gasteiger partial charge in [0.1, 0.15) is 4.21 Å². The van der Waals surface area contributed by atoms with E-state index in [1.54, 1.807) is 35.0 Å². The van der Waals surface area contributed by atoms with Crippen LogP contribution in [0.1, 0.15) is 5.89 Å². The first kappa shape index (κ1) is 14.5. The maximum absolute atomic E-state index is 12.3. The van der Waals surface area contributed by atoms with Gasteiger partial charge in [0.05, 0.1) is 17.6 Å². The minimum Gasteiger partial charge on any atom is -0.438 e. The molecule has 0 unspecified atom stereocenters. The van der Waals surface area contributed by atoms with Crippen molar-refractivity contribution in [1.29, 1.82) is 0 Å². The zero-order valence-corrected chi connectivity index (χ0v) is 13.5. The van der Waals surface area contributed by atoms with E-state index in [-0.39, 0.29) is 6.54 Å². The zero-order valence-electron chi connectivity index (χ0n) is 11.1. The van der Waals surface area contributed by atoms with Gasteiger partial charge < -0.3 is 4.42 Å². The SMILES string of the molecule is CN(Cc1ncc(-c2cccs2)o1)S(=O)(=O)c1cccs1. The largest absolute Gasteiger partial charge is 0.438 e. The second-order valence-electron chi connectivity index (χ2n) is 4.29. The van der Waals surface area contributed by atoms with Gasteiger partial charge >= 0.3 is 0 Å². The van der Waals surface area contributed by atoms with Gasteiger partial charge in [0.2, 0.25) is 5.89 Å². The molecule has 0 aliphatic carbocycles. The maximum atomic E-state index is 12.3. The summed E-state index contributed by atoms with van der Waals surface area (Å²) >= 11 is 2.74. The number of nitrogens with zero attached hydrogens (tertiary/aromatic N) is 2. The van der Waals surface area contributed by atoms with Crippen LogP contribution >= 0.6 is 22.7 Å². The molecule has 0 spiro atoms. The lowest BCUT2D eigenvalue weighted by Crippen LogP contribution is -2.25. The first-order valence-corrected chi connectivity index (χ1v) is 9.26. The third-order valence-corrected chi connectivity index (χ3v) is 6.90. The summed E-state index contributed by atoms with van der Waals surface area (Å²) in [5, 5.41) is 3.69. The molecule has 3 aromatic rings. The Kier molecular flexibility index (Phi) is 3.94. The molecule has 8 heteroatoms. The number of thiophene rings is 2. The van der Waals surface area contributed by atoms with Gasteiger partial charge in [0, 0.05) is 7.05 Å². The number of hydrogen-bond donors (Lipinski definition) is 0. The standard InChI is InChI=1S/C13H12N2O3S3/c1-15(21(16,17)13-5-3-7-20-13)9-12-14-8-10(18-12)11-4-2-6-19-11/h2-8H,9H2,1H3. The van der Waals surface area contributed by atoms with Crippen LogP contribution in [0.4, 0.5) is 0 Å². The molecule has 21 heavy (non-hydrogen) atoms. The van der Waals surface area contributed by atoms with Crippen LogP contribution in [0, 0.1) is 0 Å². The van der Waals surface area contributed by atoms with Crippen molar-refractivity contribution in [3.63, 3.8) is 0 Å². The number of hydrogen-bond acceptors (Lipinski definition) is 6. The van der Waals surface area contributed by atoms with Crippen molar-refractivity contribution in [2.24, 2.45) is 0 Å². The van der Waals surface area contributed by atoms with Gasteiger partial charge in [-0.2, -0.15) is 4.31 Å². The molecule has 0 fully saturated rings. The molecular weight excluding hydrogens is 328 g/mol. The Labute approximate surface area is 130 Å². The third-order valence-electron chi connectivity index (χ3n) is 2.84. The van der Waals surface area contributed by atoms with Gasteiger partial charge in [0.15, 0.2) is 5.76 Å². The molecule has 3 aromatic heterocycles. The lowest BCUT2D eigenvalue weighted by Gasteiger charge is -2.13. The predicted octanol–water partition coefficient (Wildman–Crippen LogP) is 3.29. The Morgan fingerprint density at radius 2 is 2.00 bits per heavy atom. The number of sulfonamides is 1. The smallest absolute Gasteiger partial charge is 0.252 e. The van der Waals surface area contributed by atoms with Crippen molar-refractivity contribution in [2.45, 2.75) is 10.8 Å². The summed E-state index contributed by atoms with van der Waals surface area (Å²) in [6.07, 6.45) is 1.62. The van der Waals surface area contributed by atoms with E-state index in [0.29, 0.717) is 15.9 Å². The van der Waals surface area contributed by atoms with Crippen LogP contribution in [0.3, 0.4) is 0 Å². The first-order chi connectivity index (χ1) is 10.1. The summed E-state index contributed by atoms with van der Waals surface area (Å²) in [6, 6.07) is 7.16. The van der Waals surface area contributed by atoms with Crippen LogP contribution in [0.15, 0.2) is 49.8 Å². The van der Waals surface area contributed by atoms with Crippen LogP contribution in [0.2, 0.25) is 0 Å². The molecule has 0 bridgehead atoms. The number of oxazole rings is 1. The molecule has 0 radical (unpaired) electrons. The van der Waals surface area contributed by atoms with Crippen molar-refractivity contribution < 1.29 is 12.8 Å². The molecule has 0 atom stereocenters. The highest BCUT2D eigenvalue weighted by molar-refractivity contribution is 7.91. The van der Waals surface area contributed by atoms with Gasteiger partial charge in [-0.25, -0.2) is 13.4 Å². The topological polar surface area (TPSA) is 63.4 Å². The molecule has 0 aliphatic rings. The van der Waals surface area contributed by atoms with E-state index in [0.717, 1.165) is 4.88 Å². The molecule has 3 rings (SSSR count). The average Bonchev–Trinajstić information content (AvgIpc) is 3.20. The zero-order chi connectivity index (χ0) is 14.9. The van der Waals surface area contributed by atoms with Crippen LogP contribution in [0.5, 0.6) is 0 Å². The summed E-state index contributed by atoms with van der Waals surface area (Å²) < 4.78 is 31.8. The second-order valence-corrected chi connectivity index (χ2v) is 8.46. The molecule has 110 valence electrons. The number of aromatic nitrogens is 1. The van der Waals surface area contributed by atoms with Gasteiger partial charge in [-0.15, -0.1) is 22.7 Å². The molecule has 0 saturated heterocycles. The summed E-state index contributed by atoms with van der Waals surface area (Å²) in [5.74, 6) is 1.03. The van der Waals surface area contributed by atoms with E-state index in [9.17, 15) is 8.42 Å². The van der Waals surface area contributed by atoms with E-state index in [2.05, 4.69) is 4.98 Å². The van der Waals surface area contributed by atoms with Crippen molar-refractivity contribution >= 4 is 32.7 Å². The summed E-state index contributed by atoms with van der Waals surface area (Å²) in [7, 11) is -1.97. The predicted molar refractivity (Wildman–Crippen MR) is 82.8 cm³/mol. The minimum atomic E-state index is -3.48. The Hall–Kier alpha value is -1.48. The molecule has 0 aliphatic heterocycles. The molecule has 0 N–H and O–H groups in total. The van der Waals surface area contributed by atoms with Gasteiger partial charge in [-0.3, -0.25) is 0 Å². The lowest BCUT2D eigenvalue weighted by molar-refractivity contribution is 0.401. The van der Waals surface area contributed by atoms with E-state index < -0.39 is 10.0 Å². The minimum absolute atomic E-state index is 0.103. The van der Waals surface area contributed by atoms with Gasteiger partial charge in [0.25, 0.3) is 10.0 Å². The molecule has 0 saturated carbocycles. The van der Waals surface area contributed by atoms with Crippen LogP contribution < -0.4 is 0 Å². The first-order valence-electron chi connectivity index (χ1n) is 6.06. The Balaban J connectivity index is 1.78. The highest BCUT2D eigenvalue weighted by Crippen LogP contribution is 2.26. The van der Waals surface area contributed by atoms with Crippen molar-refractivity contribution in [1.82, 2.24) is 9.29 Å². The molecule has 0 aromatic carbocycles. The normalized spacial score (nSPS) is 12.1. The van der Waals surface area contributed by atoms with E-state index in [4.69, 9.17) is 4.42 Å². The molecule has 0 amide bonds. The maximum Gasteiger partial charge on any atom is 0.252 e. The summed E-state index contributed by atoms with van der Waals surface area (Å²) in [4.78, 5) is 5.11. The monoisotopic (exact) mass is 340 g/mol. The summed E-state index contributed by atoms with van der Waals surface area (Å²) in [6.45, 7) is 0.103. The fourth-order valence-corrected chi connectivity index (χ4v) is 4.75. The number of rotatable bonds is 5. The van der Waals surface area contributed by atoms with E-state index in [1.165, 1.54) is 22.7 Å². The quantitative estimate of drug-likeness (QED) is 0.715. The van der Waals surface area contributed by atoms with Gasteiger partial charge in [-0.05, 0) is 22.9 Å². The van der Waals surface area contributed by atoms with E-state index >= 15 is 0 Å². The Morgan fingerprint density at radius 1 is 1.24 bits per heavy atom. The lowest BCUT2D eigenvalue weighted by atomic mass is 10.4. The average molecular weight is 340 g/mol. The van der Waals surface area contributed by atoms with Crippen LogP contribution in [-0.4, -0.2) is 24.8 Å². The molecule has 3 heterocycles. The summed E-state index contributed by atoms with van der Waals surface area (Å²) in [5.41, 5.74) is 0. The van der Waals surface area contributed by atoms with Crippen molar-refractivity contribution in [3.8, 4) is 10.6 Å². The fraction of sp³-hybridized carbons (Fsp3) is 0.154. The van der Waals surface area contributed by atoms with Crippen LogP contribution in [0.25, 0.3) is 10.6 Å². The second kappa shape index (κ2) is 5.72. The van der Waals surface area contributed by atoms with Crippen molar-refractivity contribution in [2.75, 3.05) is 7.05 Å². The highest BCUT2D eigenvalue weighted by atomic mass is 32.2. The van der Waals surface area contributed by atoms with Gasteiger partial charge in [-0.1, -0.05) is 12.1 Å².